The van der Waals surface area contributed by atoms with Crippen molar-refractivity contribution in [1.82, 2.24) is 20.1 Å². The van der Waals surface area contributed by atoms with Gasteiger partial charge in [0, 0.05) is 12.4 Å². The second-order valence-electron chi connectivity index (χ2n) is 6.66. The van der Waals surface area contributed by atoms with Crippen LogP contribution in [0.1, 0.15) is 33.4 Å². The van der Waals surface area contributed by atoms with E-state index in [0.717, 1.165) is 16.7 Å². The second-order valence-corrected chi connectivity index (χ2v) is 6.66. The Balaban J connectivity index is 2.02. The number of ether oxygens (including phenoxy) is 1. The minimum absolute atomic E-state index is 0.491. The van der Waals surface area contributed by atoms with Crippen molar-refractivity contribution in [2.24, 2.45) is 7.05 Å². The van der Waals surface area contributed by atoms with Crippen LogP contribution in [0.3, 0.4) is 0 Å². The Kier molecular flexibility index (Phi) is 4.77. The van der Waals surface area contributed by atoms with Crippen LogP contribution in [0, 0.1) is 6.92 Å². The predicted molar refractivity (Wildman–Crippen MR) is 90.7 cm³/mol. The van der Waals surface area contributed by atoms with E-state index < -0.39 is 23.6 Å². The number of aryl methyl sites for hydroxylation is 2. The summed E-state index contributed by atoms with van der Waals surface area (Å²) in [6.07, 6.45) is 1.54. The van der Waals surface area contributed by atoms with Gasteiger partial charge in [0.25, 0.3) is 0 Å². The first kappa shape index (κ1) is 17.7. The number of amides is 2. The highest BCUT2D eigenvalue weighted by atomic mass is 16.6. The molecule has 2 aromatic rings. The molecule has 2 aromatic heterocycles. The Labute approximate surface area is 140 Å². The van der Waals surface area contributed by atoms with Gasteiger partial charge in [0.2, 0.25) is 0 Å². The van der Waals surface area contributed by atoms with Crippen LogP contribution in [0.25, 0.3) is 11.0 Å². The fraction of sp³-hybridized carbons (Fsp3) is 0.500. The number of hydrogen-bond acceptors (Lipinski definition) is 5. The van der Waals surface area contributed by atoms with Gasteiger partial charge < -0.3 is 15.4 Å². The van der Waals surface area contributed by atoms with Crippen molar-refractivity contribution in [3.63, 3.8) is 0 Å². The average molecular weight is 333 g/mol. The highest BCUT2D eigenvalue weighted by Gasteiger charge is 2.23. The van der Waals surface area contributed by atoms with Gasteiger partial charge in [-0.15, -0.1) is 0 Å². The van der Waals surface area contributed by atoms with Gasteiger partial charge in [0.05, 0.1) is 17.6 Å². The Morgan fingerprint density at radius 2 is 2.00 bits per heavy atom. The van der Waals surface area contributed by atoms with Crippen molar-refractivity contribution in [2.45, 2.75) is 46.3 Å². The number of pyridine rings is 1. The zero-order valence-electron chi connectivity index (χ0n) is 14.8. The van der Waals surface area contributed by atoms with Crippen molar-refractivity contribution in [1.29, 1.82) is 0 Å². The van der Waals surface area contributed by atoms with Crippen LogP contribution in [0.15, 0.2) is 12.3 Å². The molecule has 1 atom stereocenters. The monoisotopic (exact) mass is 333 g/mol. The first-order valence-electron chi connectivity index (χ1n) is 7.66. The van der Waals surface area contributed by atoms with E-state index in [1.54, 1.807) is 44.6 Å². The largest absolute Gasteiger partial charge is 0.458 e. The fourth-order valence-electron chi connectivity index (χ4n) is 2.19. The van der Waals surface area contributed by atoms with Gasteiger partial charge in [-0.05, 0) is 40.7 Å². The third-order valence-electron chi connectivity index (χ3n) is 3.23. The summed E-state index contributed by atoms with van der Waals surface area (Å²) in [4.78, 5) is 28.2. The summed E-state index contributed by atoms with van der Waals surface area (Å²) in [5.74, 6) is -0.491. The highest BCUT2D eigenvalue weighted by molar-refractivity contribution is 5.94. The number of rotatable bonds is 3. The highest BCUT2D eigenvalue weighted by Crippen LogP contribution is 2.19. The maximum Gasteiger partial charge on any atom is 0.328 e. The maximum atomic E-state index is 12.0. The number of esters is 1. The molecular weight excluding hydrogens is 310 g/mol. The average Bonchev–Trinajstić information content (AvgIpc) is 2.71. The molecule has 2 rings (SSSR count). The third kappa shape index (κ3) is 4.21. The van der Waals surface area contributed by atoms with Gasteiger partial charge >= 0.3 is 12.0 Å². The van der Waals surface area contributed by atoms with E-state index in [1.807, 2.05) is 14.0 Å². The lowest BCUT2D eigenvalue weighted by Gasteiger charge is -2.22. The molecule has 0 bridgehead atoms. The van der Waals surface area contributed by atoms with Gasteiger partial charge in [-0.3, -0.25) is 4.68 Å². The van der Waals surface area contributed by atoms with Crippen LogP contribution in [-0.4, -0.2) is 38.4 Å². The molecule has 0 fully saturated rings. The number of aromatic nitrogens is 3. The van der Waals surface area contributed by atoms with Gasteiger partial charge in [0.1, 0.15) is 11.6 Å². The van der Waals surface area contributed by atoms with E-state index in [-0.39, 0.29) is 0 Å². The molecule has 0 spiro atoms. The number of nitrogens with zero attached hydrogens (tertiary/aromatic N) is 3. The summed E-state index contributed by atoms with van der Waals surface area (Å²) in [5.41, 5.74) is 1.48. The molecule has 130 valence electrons. The first-order chi connectivity index (χ1) is 11.1. The first-order valence-corrected chi connectivity index (χ1v) is 7.66. The summed E-state index contributed by atoms with van der Waals surface area (Å²) in [6, 6.07) is 0.527. The lowest BCUT2D eigenvalue weighted by Crippen LogP contribution is -2.43. The van der Waals surface area contributed by atoms with E-state index in [2.05, 4.69) is 20.7 Å². The Morgan fingerprint density at radius 1 is 1.33 bits per heavy atom. The molecule has 0 saturated heterocycles. The summed E-state index contributed by atoms with van der Waals surface area (Å²) < 4.78 is 6.90. The molecule has 0 radical (unpaired) electrons. The third-order valence-corrected chi connectivity index (χ3v) is 3.23. The molecule has 24 heavy (non-hydrogen) atoms. The SMILES string of the molecule is Cc1nn(C)c2ncc(NC(=O)NC(C)C(=O)OC(C)(C)C)cc12. The molecule has 1 unspecified atom stereocenters. The number of hydrogen-bond donors (Lipinski definition) is 2. The minimum atomic E-state index is -0.763. The number of urea groups is 1. The van der Waals surface area contributed by atoms with Crippen molar-refractivity contribution in [3.05, 3.63) is 18.0 Å². The molecule has 0 aliphatic rings. The van der Waals surface area contributed by atoms with Gasteiger partial charge in [-0.25, -0.2) is 14.6 Å². The van der Waals surface area contributed by atoms with Crippen molar-refractivity contribution in [3.8, 4) is 0 Å². The molecule has 2 heterocycles. The number of carbonyl (C=O) groups is 2. The van der Waals surface area contributed by atoms with Crippen molar-refractivity contribution < 1.29 is 14.3 Å². The fourth-order valence-corrected chi connectivity index (χ4v) is 2.19. The summed E-state index contributed by atoms with van der Waals surface area (Å²) in [7, 11) is 1.81. The van der Waals surface area contributed by atoms with E-state index in [9.17, 15) is 9.59 Å². The zero-order chi connectivity index (χ0) is 18.1. The molecule has 8 nitrogen and oxygen atoms in total. The Hall–Kier alpha value is -2.64. The van der Waals surface area contributed by atoms with E-state index in [0.29, 0.717) is 5.69 Å². The summed E-state index contributed by atoms with van der Waals surface area (Å²) in [6.45, 7) is 8.76. The topological polar surface area (TPSA) is 98.1 Å². The standard InChI is InChI=1S/C16H23N5O3/c1-9-12-7-11(8-17-13(12)21(6)20-9)19-15(23)18-10(2)14(22)24-16(3,4)5/h7-8,10H,1-6H3,(H2,18,19,23). The van der Waals surface area contributed by atoms with E-state index >= 15 is 0 Å². The molecule has 0 saturated carbocycles. The van der Waals surface area contributed by atoms with Crippen LogP contribution < -0.4 is 10.6 Å². The maximum absolute atomic E-state index is 12.0. The van der Waals surface area contributed by atoms with Crippen molar-refractivity contribution in [2.75, 3.05) is 5.32 Å². The molecule has 0 aliphatic heterocycles. The van der Waals surface area contributed by atoms with Crippen LogP contribution >= 0.6 is 0 Å². The Morgan fingerprint density at radius 3 is 2.62 bits per heavy atom. The van der Waals surface area contributed by atoms with Gasteiger partial charge in [-0.1, -0.05) is 0 Å². The Bertz CT molecular complexity index is 776. The molecule has 2 N–H and O–H groups in total. The van der Waals surface area contributed by atoms with E-state index in [4.69, 9.17) is 4.74 Å². The number of anilines is 1. The molecule has 8 heteroatoms. The van der Waals surface area contributed by atoms with E-state index in [1.165, 1.54) is 0 Å². The minimum Gasteiger partial charge on any atom is -0.458 e. The van der Waals surface area contributed by atoms with Crippen LogP contribution in [-0.2, 0) is 16.6 Å². The van der Waals surface area contributed by atoms with Gasteiger partial charge in [-0.2, -0.15) is 5.10 Å². The molecular formula is C16H23N5O3. The predicted octanol–water partition coefficient (Wildman–Crippen LogP) is 2.13. The van der Waals surface area contributed by atoms with Crippen molar-refractivity contribution >= 4 is 28.7 Å². The lowest BCUT2D eigenvalue weighted by molar-refractivity contribution is -0.156. The molecule has 2 amide bonds. The number of carbonyl (C=O) groups excluding carboxylic acids is 2. The zero-order valence-corrected chi connectivity index (χ0v) is 14.8. The van der Waals surface area contributed by atoms with Crippen LogP contribution in [0.2, 0.25) is 0 Å². The van der Waals surface area contributed by atoms with Crippen LogP contribution in [0.5, 0.6) is 0 Å². The summed E-state index contributed by atoms with van der Waals surface area (Å²) >= 11 is 0. The van der Waals surface area contributed by atoms with Gasteiger partial charge in [0.15, 0.2) is 5.65 Å². The molecule has 0 aliphatic carbocycles. The lowest BCUT2D eigenvalue weighted by atomic mass is 10.2. The summed E-state index contributed by atoms with van der Waals surface area (Å²) in [5, 5.41) is 10.3. The second kappa shape index (κ2) is 6.46. The quantitative estimate of drug-likeness (QED) is 0.839. The normalized spacial score (nSPS) is 12.8. The number of fused-ring (bicyclic) bond motifs is 1. The number of nitrogens with one attached hydrogen (secondary N) is 2. The smallest absolute Gasteiger partial charge is 0.328 e. The molecule has 0 aromatic carbocycles. The van der Waals surface area contributed by atoms with Crippen LogP contribution in [0.4, 0.5) is 10.5 Å².